The van der Waals surface area contributed by atoms with E-state index in [1.807, 2.05) is 30.3 Å². The standard InChI is InChI=1S/C17H21N3O3S2/c1-12-7-14-8-15(25(18,22)23)3-4-16(14)20(12)17(21)10-19(2)9-13-5-6-24-11-13/h3-6,8,11-12H,7,9-10H2,1-2H3,(H2,18,22,23)/t12-/m1/s1. The molecule has 3 rings (SSSR count). The fourth-order valence-electron chi connectivity index (χ4n) is 3.22. The first-order valence-corrected chi connectivity index (χ1v) is 10.4. The molecule has 0 saturated heterocycles. The van der Waals surface area contributed by atoms with Gasteiger partial charge < -0.3 is 4.90 Å². The quantitative estimate of drug-likeness (QED) is 0.859. The fraction of sp³-hybridized carbons (Fsp3) is 0.353. The van der Waals surface area contributed by atoms with Gasteiger partial charge in [-0.1, -0.05) is 0 Å². The summed E-state index contributed by atoms with van der Waals surface area (Å²) in [6.45, 7) is 2.98. The number of likely N-dealkylation sites (N-methyl/N-ethyl adjacent to an activating group) is 1. The lowest BCUT2D eigenvalue weighted by molar-refractivity contribution is -0.119. The van der Waals surface area contributed by atoms with Crippen LogP contribution < -0.4 is 10.0 Å². The van der Waals surface area contributed by atoms with Crippen molar-refractivity contribution in [1.82, 2.24) is 4.90 Å². The smallest absolute Gasteiger partial charge is 0.241 e. The van der Waals surface area contributed by atoms with E-state index in [4.69, 9.17) is 5.14 Å². The van der Waals surface area contributed by atoms with E-state index < -0.39 is 10.0 Å². The normalized spacial score (nSPS) is 17.1. The van der Waals surface area contributed by atoms with Crippen LogP contribution in [0.2, 0.25) is 0 Å². The number of sulfonamides is 1. The van der Waals surface area contributed by atoms with E-state index in [9.17, 15) is 13.2 Å². The molecule has 8 heteroatoms. The third kappa shape index (κ3) is 3.92. The number of nitrogens with two attached hydrogens (primary N) is 1. The van der Waals surface area contributed by atoms with Crippen LogP contribution in [0.3, 0.4) is 0 Å². The van der Waals surface area contributed by atoms with Crippen molar-refractivity contribution in [2.75, 3.05) is 18.5 Å². The fourth-order valence-corrected chi connectivity index (χ4v) is 4.45. The second kappa shape index (κ2) is 6.87. The van der Waals surface area contributed by atoms with Crippen molar-refractivity contribution < 1.29 is 13.2 Å². The molecule has 1 aliphatic rings. The minimum Gasteiger partial charge on any atom is -0.308 e. The van der Waals surface area contributed by atoms with Gasteiger partial charge in [-0.25, -0.2) is 13.6 Å². The molecule has 1 aromatic heterocycles. The number of primary sulfonamides is 1. The summed E-state index contributed by atoms with van der Waals surface area (Å²) in [5, 5.41) is 9.29. The Labute approximate surface area is 151 Å². The van der Waals surface area contributed by atoms with Gasteiger partial charge >= 0.3 is 0 Å². The van der Waals surface area contributed by atoms with E-state index in [-0.39, 0.29) is 16.8 Å². The van der Waals surface area contributed by atoms with Crippen LogP contribution in [-0.4, -0.2) is 38.9 Å². The maximum Gasteiger partial charge on any atom is 0.241 e. The van der Waals surface area contributed by atoms with Gasteiger partial charge in [-0.15, -0.1) is 0 Å². The zero-order chi connectivity index (χ0) is 18.2. The lowest BCUT2D eigenvalue weighted by Gasteiger charge is -2.25. The van der Waals surface area contributed by atoms with Gasteiger partial charge in [-0.2, -0.15) is 11.3 Å². The third-order valence-electron chi connectivity index (χ3n) is 4.30. The van der Waals surface area contributed by atoms with Crippen molar-refractivity contribution in [2.24, 2.45) is 5.14 Å². The highest BCUT2D eigenvalue weighted by Crippen LogP contribution is 2.33. The minimum atomic E-state index is -3.74. The highest BCUT2D eigenvalue weighted by Gasteiger charge is 2.32. The van der Waals surface area contributed by atoms with Gasteiger partial charge in [0.05, 0.1) is 11.4 Å². The molecule has 0 radical (unpaired) electrons. The first-order valence-electron chi connectivity index (χ1n) is 7.93. The predicted molar refractivity (Wildman–Crippen MR) is 99.1 cm³/mol. The van der Waals surface area contributed by atoms with E-state index in [1.165, 1.54) is 11.6 Å². The number of benzene rings is 1. The number of anilines is 1. The van der Waals surface area contributed by atoms with Crippen LogP contribution in [0.1, 0.15) is 18.1 Å². The van der Waals surface area contributed by atoms with Gasteiger partial charge in [0.1, 0.15) is 0 Å². The molecule has 0 fully saturated rings. The number of thiophene rings is 1. The molecule has 134 valence electrons. The van der Waals surface area contributed by atoms with Crippen molar-refractivity contribution in [3.8, 4) is 0 Å². The maximum atomic E-state index is 12.8. The van der Waals surface area contributed by atoms with Gasteiger partial charge in [0.2, 0.25) is 15.9 Å². The topological polar surface area (TPSA) is 83.7 Å². The molecule has 0 saturated carbocycles. The first kappa shape index (κ1) is 18.1. The van der Waals surface area contributed by atoms with E-state index in [2.05, 4.69) is 5.38 Å². The molecule has 6 nitrogen and oxygen atoms in total. The summed E-state index contributed by atoms with van der Waals surface area (Å²) in [5.74, 6) is 0.00679. The molecular weight excluding hydrogens is 358 g/mol. The summed E-state index contributed by atoms with van der Waals surface area (Å²) in [4.78, 5) is 16.6. The molecule has 1 aliphatic heterocycles. The van der Waals surface area contributed by atoms with E-state index in [0.29, 0.717) is 19.5 Å². The monoisotopic (exact) mass is 379 g/mol. The Bertz CT molecular complexity index is 879. The van der Waals surface area contributed by atoms with Crippen LogP contribution in [-0.2, 0) is 27.8 Å². The molecule has 2 heterocycles. The summed E-state index contributed by atoms with van der Waals surface area (Å²) >= 11 is 1.64. The highest BCUT2D eigenvalue weighted by molar-refractivity contribution is 7.89. The van der Waals surface area contributed by atoms with Crippen molar-refractivity contribution in [3.05, 3.63) is 46.2 Å². The van der Waals surface area contributed by atoms with Crippen LogP contribution in [0.15, 0.2) is 39.9 Å². The van der Waals surface area contributed by atoms with Crippen molar-refractivity contribution >= 4 is 33.0 Å². The number of fused-ring (bicyclic) bond motifs is 1. The van der Waals surface area contributed by atoms with E-state index in [1.54, 1.807) is 28.4 Å². The lowest BCUT2D eigenvalue weighted by Crippen LogP contribution is -2.41. The maximum absolute atomic E-state index is 12.8. The summed E-state index contributed by atoms with van der Waals surface area (Å²) < 4.78 is 23.0. The number of amides is 1. The molecular formula is C17H21N3O3S2. The average Bonchev–Trinajstić information content (AvgIpc) is 3.11. The van der Waals surface area contributed by atoms with Gasteiger partial charge in [0, 0.05) is 18.3 Å². The van der Waals surface area contributed by atoms with Crippen LogP contribution >= 0.6 is 11.3 Å². The van der Waals surface area contributed by atoms with Gasteiger partial charge in [-0.05, 0) is 66.5 Å². The molecule has 2 N–H and O–H groups in total. The average molecular weight is 380 g/mol. The predicted octanol–water partition coefficient (Wildman–Crippen LogP) is 1.81. The van der Waals surface area contributed by atoms with Crippen LogP contribution in [0, 0.1) is 0 Å². The molecule has 0 aliphatic carbocycles. The SMILES string of the molecule is C[C@@H]1Cc2cc(S(N)(=O)=O)ccc2N1C(=O)CN(C)Cc1ccsc1. The Hall–Kier alpha value is -1.74. The number of carbonyl (C=O) groups excluding carboxylic acids is 1. The molecule has 0 spiro atoms. The van der Waals surface area contributed by atoms with Gasteiger partial charge in [0.15, 0.2) is 0 Å². The number of hydrogen-bond acceptors (Lipinski definition) is 5. The van der Waals surface area contributed by atoms with Gasteiger partial charge in [-0.3, -0.25) is 9.69 Å². The third-order valence-corrected chi connectivity index (χ3v) is 5.94. The van der Waals surface area contributed by atoms with Gasteiger partial charge in [0.25, 0.3) is 0 Å². The Morgan fingerprint density at radius 3 is 2.80 bits per heavy atom. The summed E-state index contributed by atoms with van der Waals surface area (Å²) in [6.07, 6.45) is 0.624. The van der Waals surface area contributed by atoms with Crippen LogP contribution in [0.4, 0.5) is 5.69 Å². The summed E-state index contributed by atoms with van der Waals surface area (Å²) in [6, 6.07) is 6.75. The molecule has 1 aromatic carbocycles. The van der Waals surface area contributed by atoms with E-state index >= 15 is 0 Å². The van der Waals surface area contributed by atoms with Crippen LogP contribution in [0.25, 0.3) is 0 Å². The molecule has 0 unspecified atom stereocenters. The zero-order valence-electron chi connectivity index (χ0n) is 14.2. The Kier molecular flexibility index (Phi) is 4.97. The summed E-state index contributed by atoms with van der Waals surface area (Å²) in [5.41, 5.74) is 2.80. The molecule has 0 bridgehead atoms. The molecule has 1 amide bonds. The van der Waals surface area contributed by atoms with Crippen molar-refractivity contribution in [2.45, 2.75) is 30.8 Å². The highest BCUT2D eigenvalue weighted by atomic mass is 32.2. The second-order valence-electron chi connectivity index (χ2n) is 6.46. The molecule has 25 heavy (non-hydrogen) atoms. The number of hydrogen-bond donors (Lipinski definition) is 1. The molecule has 2 aromatic rings. The first-order chi connectivity index (χ1) is 11.8. The van der Waals surface area contributed by atoms with Crippen LogP contribution in [0.5, 0.6) is 0 Å². The van der Waals surface area contributed by atoms with Crippen molar-refractivity contribution in [1.29, 1.82) is 0 Å². The number of rotatable bonds is 5. The number of carbonyl (C=O) groups is 1. The van der Waals surface area contributed by atoms with Crippen molar-refractivity contribution in [3.63, 3.8) is 0 Å². The Morgan fingerprint density at radius 2 is 2.16 bits per heavy atom. The van der Waals surface area contributed by atoms with E-state index in [0.717, 1.165) is 11.3 Å². The zero-order valence-corrected chi connectivity index (χ0v) is 15.8. The largest absolute Gasteiger partial charge is 0.308 e. The summed E-state index contributed by atoms with van der Waals surface area (Å²) in [7, 11) is -1.82. The molecule has 1 atom stereocenters. The second-order valence-corrected chi connectivity index (χ2v) is 8.80. The minimum absolute atomic E-state index is 0.00669. The lowest BCUT2D eigenvalue weighted by atomic mass is 10.1. The Morgan fingerprint density at radius 1 is 1.40 bits per heavy atom. The number of nitrogens with zero attached hydrogens (tertiary/aromatic N) is 2. The Balaban J connectivity index is 1.76.